The maximum Gasteiger partial charge on any atom is 0.263 e. The van der Waals surface area contributed by atoms with Gasteiger partial charge in [-0.05, 0) is 60.2 Å². The first-order valence-electron chi connectivity index (χ1n) is 7.87. The molecule has 0 unspecified atom stereocenters. The Morgan fingerprint density at radius 1 is 1.00 bits per heavy atom. The molecule has 0 saturated heterocycles. The number of aryl methyl sites for hydroxylation is 2. The van der Waals surface area contributed by atoms with E-state index in [1.807, 2.05) is 36.4 Å². The molecule has 0 N–H and O–H groups in total. The van der Waals surface area contributed by atoms with Crippen molar-refractivity contribution < 1.29 is 4.79 Å². The van der Waals surface area contributed by atoms with E-state index in [0.29, 0.717) is 5.56 Å². The van der Waals surface area contributed by atoms with Crippen molar-refractivity contribution in [2.75, 3.05) is 0 Å². The number of hydrogen-bond acceptors (Lipinski definition) is 2. The highest BCUT2D eigenvalue weighted by Gasteiger charge is 2.16. The lowest BCUT2D eigenvalue weighted by atomic mass is 9.87. The maximum absolute atomic E-state index is 12.8. The molecule has 0 aliphatic heterocycles. The summed E-state index contributed by atoms with van der Waals surface area (Å²) in [4.78, 5) is 17.2. The van der Waals surface area contributed by atoms with Crippen LogP contribution in [0.25, 0.3) is 11.0 Å². The van der Waals surface area contributed by atoms with Gasteiger partial charge in [-0.15, -0.1) is 0 Å². The first kappa shape index (κ1) is 15.5. The lowest BCUT2D eigenvalue weighted by molar-refractivity contribution is 0.0964. The van der Waals surface area contributed by atoms with Crippen molar-refractivity contribution in [2.45, 2.75) is 40.0 Å². The molecule has 1 aromatic heterocycles. The third-order valence-corrected chi connectivity index (χ3v) is 4.38. The second kappa shape index (κ2) is 5.34. The van der Waals surface area contributed by atoms with Crippen molar-refractivity contribution >= 4 is 16.9 Å². The van der Waals surface area contributed by atoms with Crippen molar-refractivity contribution in [3.63, 3.8) is 0 Å². The molecule has 3 nitrogen and oxygen atoms in total. The predicted octanol–water partition coefficient (Wildman–Crippen LogP) is 4.64. The minimum absolute atomic E-state index is 0.0452. The standard InChI is InChI=1S/C20H22N2O/c1-13-10-17-18(11-14(13)2)22(12-21-17)19(23)15-6-8-16(9-7-15)20(3,4)5/h6-12H,1-5H3. The molecule has 0 spiro atoms. The van der Waals surface area contributed by atoms with Crippen molar-refractivity contribution in [3.05, 3.63) is 65.0 Å². The Morgan fingerprint density at radius 2 is 1.61 bits per heavy atom. The highest BCUT2D eigenvalue weighted by atomic mass is 16.2. The second-order valence-electron chi connectivity index (χ2n) is 7.17. The SMILES string of the molecule is Cc1cc2ncn(C(=O)c3ccc(C(C)(C)C)cc3)c2cc1C. The van der Waals surface area contributed by atoms with Crippen molar-refractivity contribution in [1.29, 1.82) is 0 Å². The zero-order valence-electron chi connectivity index (χ0n) is 14.3. The van der Waals surface area contributed by atoms with E-state index in [1.165, 1.54) is 11.1 Å². The molecule has 2 aromatic carbocycles. The van der Waals surface area contributed by atoms with Gasteiger partial charge >= 0.3 is 0 Å². The van der Waals surface area contributed by atoms with Crippen LogP contribution in [0, 0.1) is 13.8 Å². The van der Waals surface area contributed by atoms with E-state index < -0.39 is 0 Å². The molecule has 118 valence electrons. The van der Waals surface area contributed by atoms with Crippen LogP contribution < -0.4 is 0 Å². The normalized spacial score (nSPS) is 11.9. The predicted molar refractivity (Wildman–Crippen MR) is 94.1 cm³/mol. The number of imidazole rings is 1. The van der Waals surface area contributed by atoms with Crippen LogP contribution >= 0.6 is 0 Å². The van der Waals surface area contributed by atoms with Crippen LogP contribution in [0.3, 0.4) is 0 Å². The van der Waals surface area contributed by atoms with Gasteiger partial charge < -0.3 is 0 Å². The summed E-state index contributed by atoms with van der Waals surface area (Å²) < 4.78 is 1.63. The molecule has 0 aliphatic carbocycles. The summed E-state index contributed by atoms with van der Waals surface area (Å²) in [6.07, 6.45) is 1.61. The molecule has 0 fully saturated rings. The van der Waals surface area contributed by atoms with Gasteiger partial charge in [0.15, 0.2) is 0 Å². The second-order valence-corrected chi connectivity index (χ2v) is 7.17. The molecule has 3 rings (SSSR count). The monoisotopic (exact) mass is 306 g/mol. The molecular weight excluding hydrogens is 284 g/mol. The molecule has 3 aromatic rings. The van der Waals surface area contributed by atoms with Crippen LogP contribution in [0.2, 0.25) is 0 Å². The number of rotatable bonds is 1. The first-order valence-corrected chi connectivity index (χ1v) is 7.87. The summed E-state index contributed by atoms with van der Waals surface area (Å²) in [5.41, 5.74) is 6.04. The topological polar surface area (TPSA) is 34.9 Å². The number of carbonyl (C=O) groups is 1. The highest BCUT2D eigenvalue weighted by Crippen LogP contribution is 2.23. The van der Waals surface area contributed by atoms with Crippen LogP contribution in [-0.2, 0) is 5.41 Å². The quantitative estimate of drug-likeness (QED) is 0.656. The molecule has 0 aliphatic rings. The van der Waals surface area contributed by atoms with E-state index in [9.17, 15) is 4.79 Å². The van der Waals surface area contributed by atoms with Crippen molar-refractivity contribution in [3.8, 4) is 0 Å². The molecule has 0 amide bonds. The van der Waals surface area contributed by atoms with E-state index >= 15 is 0 Å². The summed E-state index contributed by atoms with van der Waals surface area (Å²) in [6, 6.07) is 11.9. The largest absolute Gasteiger partial charge is 0.268 e. The van der Waals surface area contributed by atoms with Crippen LogP contribution in [0.4, 0.5) is 0 Å². The molecule has 1 heterocycles. The number of carbonyl (C=O) groups excluding carboxylic acids is 1. The molecule has 0 atom stereocenters. The first-order chi connectivity index (χ1) is 10.8. The fraction of sp³-hybridized carbons (Fsp3) is 0.300. The van der Waals surface area contributed by atoms with Crippen molar-refractivity contribution in [2.24, 2.45) is 0 Å². The number of benzene rings is 2. The minimum Gasteiger partial charge on any atom is -0.268 e. The van der Waals surface area contributed by atoms with Gasteiger partial charge in [-0.1, -0.05) is 32.9 Å². The zero-order chi connectivity index (χ0) is 16.8. The van der Waals surface area contributed by atoms with Gasteiger partial charge in [-0.25, -0.2) is 4.98 Å². The number of nitrogens with zero attached hydrogens (tertiary/aromatic N) is 2. The van der Waals surface area contributed by atoms with Crippen molar-refractivity contribution in [1.82, 2.24) is 9.55 Å². The van der Waals surface area contributed by atoms with E-state index in [2.05, 4.69) is 39.6 Å². The molecule has 0 saturated carbocycles. The van der Waals surface area contributed by atoms with Gasteiger partial charge in [-0.2, -0.15) is 0 Å². The average molecular weight is 306 g/mol. The van der Waals surface area contributed by atoms with E-state index in [0.717, 1.165) is 16.6 Å². The lowest BCUT2D eigenvalue weighted by Crippen LogP contribution is -2.13. The Labute approximate surface area is 137 Å². The van der Waals surface area contributed by atoms with Crippen LogP contribution in [0.1, 0.15) is 47.8 Å². The van der Waals surface area contributed by atoms with Gasteiger partial charge in [0.2, 0.25) is 0 Å². The maximum atomic E-state index is 12.8. The number of aromatic nitrogens is 2. The Bertz CT molecular complexity index is 880. The molecule has 23 heavy (non-hydrogen) atoms. The molecule has 0 radical (unpaired) electrons. The summed E-state index contributed by atoms with van der Waals surface area (Å²) in [7, 11) is 0. The van der Waals surface area contributed by atoms with E-state index in [-0.39, 0.29) is 11.3 Å². The van der Waals surface area contributed by atoms with E-state index in [4.69, 9.17) is 0 Å². The smallest absolute Gasteiger partial charge is 0.263 e. The molecular formula is C20H22N2O. The zero-order valence-corrected chi connectivity index (χ0v) is 14.3. The Morgan fingerprint density at radius 3 is 2.22 bits per heavy atom. The van der Waals surface area contributed by atoms with Crippen LogP contribution in [-0.4, -0.2) is 15.5 Å². The van der Waals surface area contributed by atoms with E-state index in [1.54, 1.807) is 10.9 Å². The molecule has 3 heteroatoms. The minimum atomic E-state index is -0.0452. The third-order valence-electron chi connectivity index (χ3n) is 4.38. The fourth-order valence-corrected chi connectivity index (χ4v) is 2.68. The van der Waals surface area contributed by atoms with Gasteiger partial charge in [0.25, 0.3) is 5.91 Å². The van der Waals surface area contributed by atoms with Gasteiger partial charge in [-0.3, -0.25) is 9.36 Å². The molecule has 0 bridgehead atoms. The van der Waals surface area contributed by atoms with Gasteiger partial charge in [0.05, 0.1) is 11.0 Å². The Balaban J connectivity index is 2.02. The third kappa shape index (κ3) is 2.79. The summed E-state index contributed by atoms with van der Waals surface area (Å²) in [6.45, 7) is 10.6. The van der Waals surface area contributed by atoms with Gasteiger partial charge in [0.1, 0.15) is 6.33 Å². The highest BCUT2D eigenvalue weighted by molar-refractivity contribution is 6.01. The summed E-state index contributed by atoms with van der Waals surface area (Å²) in [5.74, 6) is -0.0452. The fourth-order valence-electron chi connectivity index (χ4n) is 2.68. The summed E-state index contributed by atoms with van der Waals surface area (Å²) >= 11 is 0. The number of fused-ring (bicyclic) bond motifs is 1. The summed E-state index contributed by atoms with van der Waals surface area (Å²) in [5, 5.41) is 0. The van der Waals surface area contributed by atoms with Gasteiger partial charge in [0, 0.05) is 5.56 Å². The Hall–Kier alpha value is -2.42. The number of hydrogen-bond donors (Lipinski definition) is 0. The lowest BCUT2D eigenvalue weighted by Gasteiger charge is -2.19. The Kier molecular flexibility index (Phi) is 3.59. The van der Waals surface area contributed by atoms with Crippen LogP contribution in [0.15, 0.2) is 42.7 Å². The van der Waals surface area contributed by atoms with Crippen LogP contribution in [0.5, 0.6) is 0 Å². The average Bonchev–Trinajstić information content (AvgIpc) is 2.89.